The van der Waals surface area contributed by atoms with Crippen molar-refractivity contribution in [1.29, 1.82) is 0 Å². The maximum Gasteiger partial charge on any atom is 0.193 e. The van der Waals surface area contributed by atoms with Gasteiger partial charge < -0.3 is 24.8 Å². The van der Waals surface area contributed by atoms with Crippen molar-refractivity contribution < 1.29 is 9.13 Å². The number of benzene rings is 1. The number of ether oxygens (including phenoxy) is 1. The number of hydrogen-bond donors (Lipinski definition) is 1. The minimum absolute atomic E-state index is 0. The predicted octanol–water partition coefficient (Wildman–Crippen LogP) is 1.72. The third kappa shape index (κ3) is 7.24. The van der Waals surface area contributed by atoms with Crippen LogP contribution in [0, 0.1) is 5.82 Å². The fourth-order valence-corrected chi connectivity index (χ4v) is 2.88. The summed E-state index contributed by atoms with van der Waals surface area (Å²) in [6.07, 6.45) is 0. The molecule has 0 unspecified atom stereocenters. The minimum atomic E-state index is -0.192. The zero-order valence-corrected chi connectivity index (χ0v) is 18.3. The summed E-state index contributed by atoms with van der Waals surface area (Å²) in [5, 5.41) is 3.43. The lowest BCUT2D eigenvalue weighted by molar-refractivity contribution is 0.162. The normalized spacial score (nSPS) is 15.2. The lowest BCUT2D eigenvalue weighted by Crippen LogP contribution is -2.53. The van der Waals surface area contributed by atoms with Gasteiger partial charge in [-0.3, -0.25) is 4.99 Å². The van der Waals surface area contributed by atoms with Gasteiger partial charge in [0.05, 0.1) is 6.61 Å². The molecule has 0 amide bonds. The van der Waals surface area contributed by atoms with Crippen molar-refractivity contribution in [2.75, 3.05) is 78.5 Å². The molecule has 0 aliphatic carbocycles. The van der Waals surface area contributed by atoms with E-state index in [0.29, 0.717) is 0 Å². The van der Waals surface area contributed by atoms with Gasteiger partial charge in [-0.15, -0.1) is 24.0 Å². The van der Waals surface area contributed by atoms with Crippen molar-refractivity contribution >= 4 is 35.6 Å². The van der Waals surface area contributed by atoms with Crippen molar-refractivity contribution in [1.82, 2.24) is 15.1 Å². The molecule has 0 radical (unpaired) electrons. The Balaban J connectivity index is 0.00000338. The third-order valence-electron chi connectivity index (χ3n) is 4.44. The second kappa shape index (κ2) is 12.3. The zero-order valence-electron chi connectivity index (χ0n) is 15.9. The summed E-state index contributed by atoms with van der Waals surface area (Å²) >= 11 is 0. The number of aliphatic imine (C=N–C) groups is 1. The van der Waals surface area contributed by atoms with E-state index >= 15 is 0 Å². The van der Waals surface area contributed by atoms with Gasteiger partial charge in [0.25, 0.3) is 0 Å². The van der Waals surface area contributed by atoms with Gasteiger partial charge in [-0.25, -0.2) is 4.39 Å². The van der Waals surface area contributed by atoms with E-state index in [2.05, 4.69) is 32.1 Å². The molecule has 0 bridgehead atoms. The highest BCUT2D eigenvalue weighted by atomic mass is 127. The molecule has 8 heteroatoms. The van der Waals surface area contributed by atoms with E-state index in [0.717, 1.165) is 64.1 Å². The molecule has 0 atom stereocenters. The number of rotatable bonds is 7. The molecule has 1 aromatic carbocycles. The second-order valence-corrected chi connectivity index (χ2v) is 6.22. The molecule has 6 nitrogen and oxygen atoms in total. The van der Waals surface area contributed by atoms with E-state index in [1.54, 1.807) is 7.11 Å². The predicted molar refractivity (Wildman–Crippen MR) is 116 cm³/mol. The number of hydrogen-bond acceptors (Lipinski definition) is 4. The molecule has 0 spiro atoms. The largest absolute Gasteiger partial charge is 0.383 e. The van der Waals surface area contributed by atoms with Gasteiger partial charge >= 0.3 is 0 Å². The Labute approximate surface area is 173 Å². The monoisotopic (exact) mass is 479 g/mol. The van der Waals surface area contributed by atoms with Crippen LogP contribution in [0.15, 0.2) is 29.3 Å². The van der Waals surface area contributed by atoms with Crippen molar-refractivity contribution in [3.8, 4) is 0 Å². The molecule has 1 aromatic rings. The van der Waals surface area contributed by atoms with Gasteiger partial charge in [-0.2, -0.15) is 0 Å². The third-order valence-corrected chi connectivity index (χ3v) is 4.44. The first-order valence-corrected chi connectivity index (χ1v) is 8.77. The number of nitrogens with zero attached hydrogens (tertiary/aromatic N) is 4. The summed E-state index contributed by atoms with van der Waals surface area (Å²) in [6, 6.07) is 6.71. The number of guanidine groups is 1. The Morgan fingerprint density at radius 1 is 1.19 bits per heavy atom. The van der Waals surface area contributed by atoms with Crippen molar-refractivity contribution in [2.24, 2.45) is 4.99 Å². The van der Waals surface area contributed by atoms with Crippen LogP contribution < -0.4 is 10.2 Å². The molecule has 0 saturated carbocycles. The molecule has 1 heterocycles. The highest BCUT2D eigenvalue weighted by Crippen LogP contribution is 2.16. The van der Waals surface area contributed by atoms with E-state index in [-0.39, 0.29) is 29.8 Å². The van der Waals surface area contributed by atoms with Gasteiger partial charge in [0.1, 0.15) is 5.82 Å². The van der Waals surface area contributed by atoms with E-state index in [9.17, 15) is 4.39 Å². The molecule has 1 aliphatic rings. The minimum Gasteiger partial charge on any atom is -0.383 e. The summed E-state index contributed by atoms with van der Waals surface area (Å²) in [5.41, 5.74) is 1.07. The Hall–Kier alpha value is -1.13. The molecule has 0 aromatic heterocycles. The molecule has 2 rings (SSSR count). The first-order valence-electron chi connectivity index (χ1n) is 8.77. The first kappa shape index (κ1) is 22.9. The molecule has 1 fully saturated rings. The topological polar surface area (TPSA) is 43.3 Å². The van der Waals surface area contributed by atoms with Gasteiger partial charge in [-0.1, -0.05) is 0 Å². The second-order valence-electron chi connectivity index (χ2n) is 6.22. The molecule has 1 N–H and O–H groups in total. The maximum absolute atomic E-state index is 13.1. The van der Waals surface area contributed by atoms with Crippen LogP contribution in [0.1, 0.15) is 0 Å². The lowest BCUT2D eigenvalue weighted by atomic mass is 10.2. The van der Waals surface area contributed by atoms with Crippen LogP contribution in [0.5, 0.6) is 0 Å². The summed E-state index contributed by atoms with van der Waals surface area (Å²) < 4.78 is 18.1. The van der Waals surface area contributed by atoms with Crippen molar-refractivity contribution in [2.45, 2.75) is 0 Å². The SMILES string of the molecule is CN=C(NCCN(C)CCOC)N1CCN(c2ccc(F)cc2)CC1.I. The Morgan fingerprint density at radius 2 is 1.85 bits per heavy atom. The quantitative estimate of drug-likeness (QED) is 0.367. The van der Waals surface area contributed by atoms with Crippen LogP contribution >= 0.6 is 24.0 Å². The molecule has 148 valence electrons. The summed E-state index contributed by atoms with van der Waals surface area (Å²) in [5.74, 6) is 0.751. The standard InChI is InChI=1S/C18H30FN5O.HI/c1-20-18(21-8-9-22(2)14-15-25-3)24-12-10-23(11-13-24)17-6-4-16(19)5-7-17;/h4-7H,8-15H2,1-3H3,(H,20,21);1H. The summed E-state index contributed by atoms with van der Waals surface area (Å²) in [4.78, 5) is 11.2. The zero-order chi connectivity index (χ0) is 18.1. The van der Waals surface area contributed by atoms with E-state index in [1.165, 1.54) is 12.1 Å². The van der Waals surface area contributed by atoms with Gasteiger partial charge in [0, 0.05) is 65.7 Å². The van der Waals surface area contributed by atoms with Crippen LogP contribution in [0.4, 0.5) is 10.1 Å². The van der Waals surface area contributed by atoms with Crippen LogP contribution in [0.25, 0.3) is 0 Å². The lowest BCUT2D eigenvalue weighted by Gasteiger charge is -2.37. The van der Waals surface area contributed by atoms with E-state index in [1.807, 2.05) is 19.2 Å². The van der Waals surface area contributed by atoms with E-state index < -0.39 is 0 Å². The number of nitrogens with one attached hydrogen (secondary N) is 1. The van der Waals surface area contributed by atoms with Crippen LogP contribution in [-0.2, 0) is 4.74 Å². The number of piperazine rings is 1. The first-order chi connectivity index (χ1) is 12.1. The fourth-order valence-electron chi connectivity index (χ4n) is 2.88. The summed E-state index contributed by atoms with van der Waals surface area (Å²) in [6.45, 7) is 7.07. The van der Waals surface area contributed by atoms with Crippen molar-refractivity contribution in [3.05, 3.63) is 30.1 Å². The molecule has 26 heavy (non-hydrogen) atoms. The van der Waals surface area contributed by atoms with E-state index in [4.69, 9.17) is 4.74 Å². The molecular formula is C18H31FIN5O. The number of halogens is 2. The highest BCUT2D eigenvalue weighted by Gasteiger charge is 2.19. The van der Waals surface area contributed by atoms with Crippen LogP contribution in [0.3, 0.4) is 0 Å². The number of anilines is 1. The summed E-state index contributed by atoms with van der Waals surface area (Å²) in [7, 11) is 5.63. The van der Waals surface area contributed by atoms with Crippen LogP contribution in [0.2, 0.25) is 0 Å². The molecule has 1 saturated heterocycles. The van der Waals surface area contributed by atoms with Gasteiger partial charge in [0.15, 0.2) is 5.96 Å². The smallest absolute Gasteiger partial charge is 0.193 e. The average molecular weight is 479 g/mol. The van der Waals surface area contributed by atoms with Gasteiger partial charge in [0.2, 0.25) is 0 Å². The fraction of sp³-hybridized carbons (Fsp3) is 0.611. The van der Waals surface area contributed by atoms with Crippen LogP contribution in [-0.4, -0.2) is 89.4 Å². The Bertz CT molecular complexity index is 535. The highest BCUT2D eigenvalue weighted by molar-refractivity contribution is 14.0. The Kier molecular flexibility index (Phi) is 10.8. The number of likely N-dealkylation sites (N-methyl/N-ethyl adjacent to an activating group) is 1. The average Bonchev–Trinajstić information content (AvgIpc) is 2.64. The maximum atomic E-state index is 13.1. The Morgan fingerprint density at radius 3 is 2.42 bits per heavy atom. The molecule has 1 aliphatic heterocycles. The van der Waals surface area contributed by atoms with Crippen molar-refractivity contribution in [3.63, 3.8) is 0 Å². The number of methoxy groups -OCH3 is 1. The molecular weight excluding hydrogens is 448 g/mol. The van der Waals surface area contributed by atoms with Gasteiger partial charge in [-0.05, 0) is 31.3 Å².